The Morgan fingerprint density at radius 1 is 1.11 bits per heavy atom. The molecule has 0 fully saturated rings. The van der Waals surface area contributed by atoms with E-state index in [-0.39, 0.29) is 17.5 Å². The van der Waals surface area contributed by atoms with Crippen molar-refractivity contribution in [3.8, 4) is 5.75 Å². The lowest BCUT2D eigenvalue weighted by molar-refractivity contribution is -0.137. The fourth-order valence-electron chi connectivity index (χ4n) is 2.35. The molecule has 0 aliphatic carbocycles. The van der Waals surface area contributed by atoms with Crippen molar-refractivity contribution in [2.75, 3.05) is 5.32 Å². The fourth-order valence-corrected chi connectivity index (χ4v) is 2.58. The molecule has 0 saturated heterocycles. The molecule has 3 rings (SSSR count). The molecule has 4 nitrogen and oxygen atoms in total. The maximum atomic E-state index is 12.6. The van der Waals surface area contributed by atoms with Crippen LogP contribution in [0.5, 0.6) is 5.75 Å². The van der Waals surface area contributed by atoms with Crippen LogP contribution in [0.2, 0.25) is 5.02 Å². The maximum Gasteiger partial charge on any atom is 0.416 e. The number of ether oxygens (including phenoxy) is 1. The van der Waals surface area contributed by atoms with Gasteiger partial charge in [-0.2, -0.15) is 13.2 Å². The highest BCUT2D eigenvalue weighted by Gasteiger charge is 2.29. The van der Waals surface area contributed by atoms with Gasteiger partial charge in [-0.15, -0.1) is 0 Å². The predicted molar refractivity (Wildman–Crippen MR) is 99.4 cm³/mol. The van der Waals surface area contributed by atoms with E-state index in [2.05, 4.69) is 10.3 Å². The molecule has 0 atom stereocenters. The number of hydrogen-bond acceptors (Lipinski definition) is 3. The van der Waals surface area contributed by atoms with E-state index in [1.165, 1.54) is 24.4 Å². The van der Waals surface area contributed by atoms with Gasteiger partial charge in [0.25, 0.3) is 5.91 Å². The van der Waals surface area contributed by atoms with Crippen LogP contribution in [-0.4, -0.2) is 10.9 Å². The summed E-state index contributed by atoms with van der Waals surface area (Å²) >= 11 is 6.17. The number of halogens is 4. The number of anilines is 1. The molecular weight excluding hydrogens is 393 g/mol. The van der Waals surface area contributed by atoms with Crippen molar-refractivity contribution in [1.29, 1.82) is 0 Å². The average Bonchev–Trinajstić information content (AvgIpc) is 2.67. The highest BCUT2D eigenvalue weighted by molar-refractivity contribution is 6.32. The largest absolute Gasteiger partial charge is 0.487 e. The van der Waals surface area contributed by atoms with Crippen molar-refractivity contribution in [2.24, 2.45) is 0 Å². The van der Waals surface area contributed by atoms with Crippen molar-refractivity contribution in [1.82, 2.24) is 4.98 Å². The van der Waals surface area contributed by atoms with Gasteiger partial charge in [0, 0.05) is 18.1 Å². The number of nitrogens with zero attached hydrogens (tertiary/aromatic N) is 1. The van der Waals surface area contributed by atoms with E-state index in [1.54, 1.807) is 30.5 Å². The number of pyridine rings is 1. The first-order valence-corrected chi connectivity index (χ1v) is 8.50. The highest BCUT2D eigenvalue weighted by Crippen LogP contribution is 2.30. The van der Waals surface area contributed by atoms with E-state index < -0.39 is 11.7 Å². The molecule has 0 aliphatic rings. The third-order valence-corrected chi connectivity index (χ3v) is 4.08. The third-order valence-electron chi connectivity index (χ3n) is 3.79. The Bertz CT molecular complexity index is 961. The zero-order chi connectivity index (χ0) is 20.1. The smallest absolute Gasteiger partial charge is 0.416 e. The molecule has 2 aromatic carbocycles. The van der Waals surface area contributed by atoms with Crippen molar-refractivity contribution < 1.29 is 22.7 Å². The van der Waals surface area contributed by atoms with Gasteiger partial charge in [0.05, 0.1) is 16.1 Å². The summed E-state index contributed by atoms with van der Waals surface area (Å²) in [4.78, 5) is 16.0. The second-order valence-electron chi connectivity index (χ2n) is 5.82. The summed E-state index contributed by atoms with van der Waals surface area (Å²) in [5, 5.41) is 2.96. The number of nitrogens with one attached hydrogen (secondary N) is 1. The van der Waals surface area contributed by atoms with Crippen molar-refractivity contribution in [2.45, 2.75) is 12.8 Å². The van der Waals surface area contributed by atoms with Crippen LogP contribution in [0.3, 0.4) is 0 Å². The first-order valence-electron chi connectivity index (χ1n) is 8.13. The Morgan fingerprint density at radius 3 is 2.46 bits per heavy atom. The number of carbonyl (C=O) groups is 1. The number of hydrogen-bond donors (Lipinski definition) is 1. The highest BCUT2D eigenvalue weighted by atomic mass is 35.5. The SMILES string of the molecule is O=C(Nc1ccc(OCc2ccc(C(F)(F)F)cc2)c(Cl)c1)c1cccnc1. The van der Waals surface area contributed by atoms with Crippen LogP contribution in [0.4, 0.5) is 18.9 Å². The maximum absolute atomic E-state index is 12.6. The molecule has 1 amide bonds. The van der Waals surface area contributed by atoms with E-state index in [1.807, 2.05) is 0 Å². The topological polar surface area (TPSA) is 51.2 Å². The zero-order valence-corrected chi connectivity index (χ0v) is 15.1. The number of amides is 1. The van der Waals surface area contributed by atoms with Gasteiger partial charge in [-0.1, -0.05) is 23.7 Å². The summed E-state index contributed by atoms with van der Waals surface area (Å²) in [5.41, 5.74) is 0.725. The average molecular weight is 407 g/mol. The Morgan fingerprint density at radius 2 is 1.86 bits per heavy atom. The number of rotatable bonds is 5. The summed E-state index contributed by atoms with van der Waals surface area (Å²) < 4.78 is 43.3. The molecule has 3 aromatic rings. The second kappa shape index (κ2) is 8.31. The quantitative estimate of drug-likeness (QED) is 0.601. The number of aromatic nitrogens is 1. The molecule has 0 spiro atoms. The van der Waals surface area contributed by atoms with E-state index in [9.17, 15) is 18.0 Å². The summed E-state index contributed by atoms with van der Waals surface area (Å²) in [6.45, 7) is 0.0548. The first-order chi connectivity index (χ1) is 13.3. The summed E-state index contributed by atoms with van der Waals surface area (Å²) in [6.07, 6.45) is -1.37. The van der Waals surface area contributed by atoms with E-state index in [4.69, 9.17) is 16.3 Å². The van der Waals surface area contributed by atoms with E-state index >= 15 is 0 Å². The normalized spacial score (nSPS) is 11.1. The number of carbonyl (C=O) groups excluding carboxylic acids is 1. The predicted octanol–water partition coefficient (Wildman–Crippen LogP) is 5.59. The molecule has 1 heterocycles. The van der Waals surface area contributed by atoms with Crippen molar-refractivity contribution in [3.05, 3.63) is 88.7 Å². The van der Waals surface area contributed by atoms with Gasteiger partial charge in [0.15, 0.2) is 0 Å². The molecule has 0 saturated carbocycles. The van der Waals surface area contributed by atoms with Crippen LogP contribution in [-0.2, 0) is 12.8 Å². The van der Waals surface area contributed by atoms with Gasteiger partial charge in [-0.3, -0.25) is 9.78 Å². The molecule has 28 heavy (non-hydrogen) atoms. The minimum absolute atomic E-state index is 0.0548. The Kier molecular flexibility index (Phi) is 5.84. The molecule has 0 bridgehead atoms. The van der Waals surface area contributed by atoms with Gasteiger partial charge in [0.1, 0.15) is 12.4 Å². The summed E-state index contributed by atoms with van der Waals surface area (Å²) in [5.74, 6) is 0.0172. The van der Waals surface area contributed by atoms with Gasteiger partial charge in [0.2, 0.25) is 0 Å². The summed E-state index contributed by atoms with van der Waals surface area (Å²) in [6, 6.07) is 12.7. The van der Waals surface area contributed by atoms with Crippen LogP contribution < -0.4 is 10.1 Å². The van der Waals surface area contributed by atoms with Crippen molar-refractivity contribution in [3.63, 3.8) is 0 Å². The molecule has 1 aromatic heterocycles. The van der Waals surface area contributed by atoms with Crippen LogP contribution in [0.25, 0.3) is 0 Å². The molecule has 0 radical (unpaired) electrons. The minimum Gasteiger partial charge on any atom is -0.487 e. The van der Waals surface area contributed by atoms with E-state index in [0.29, 0.717) is 22.6 Å². The van der Waals surface area contributed by atoms with Gasteiger partial charge >= 0.3 is 6.18 Å². The second-order valence-corrected chi connectivity index (χ2v) is 6.23. The van der Waals surface area contributed by atoms with Crippen LogP contribution in [0, 0.1) is 0 Å². The molecule has 0 unspecified atom stereocenters. The molecule has 0 aliphatic heterocycles. The van der Waals surface area contributed by atoms with E-state index in [0.717, 1.165) is 12.1 Å². The first kappa shape index (κ1) is 19.7. The van der Waals surface area contributed by atoms with Gasteiger partial charge in [-0.25, -0.2) is 0 Å². The lowest BCUT2D eigenvalue weighted by Crippen LogP contribution is -2.12. The van der Waals surface area contributed by atoms with Crippen molar-refractivity contribution >= 4 is 23.2 Å². The van der Waals surface area contributed by atoms with Gasteiger partial charge < -0.3 is 10.1 Å². The number of benzene rings is 2. The number of alkyl halides is 3. The van der Waals surface area contributed by atoms with Crippen LogP contribution >= 0.6 is 11.6 Å². The Balaban J connectivity index is 1.62. The third kappa shape index (κ3) is 5.01. The molecule has 1 N–H and O–H groups in total. The molecular formula is C20H14ClF3N2O2. The lowest BCUT2D eigenvalue weighted by Gasteiger charge is -2.11. The zero-order valence-electron chi connectivity index (χ0n) is 14.3. The Hall–Kier alpha value is -3.06. The molecule has 144 valence electrons. The van der Waals surface area contributed by atoms with Crippen LogP contribution in [0.1, 0.15) is 21.5 Å². The standard InChI is InChI=1S/C20H14ClF3N2O2/c21-17-10-16(26-19(27)14-2-1-9-25-11-14)7-8-18(17)28-12-13-3-5-15(6-4-13)20(22,23)24/h1-11H,12H2,(H,26,27). The van der Waals surface area contributed by atoms with Crippen LogP contribution in [0.15, 0.2) is 67.0 Å². The lowest BCUT2D eigenvalue weighted by atomic mass is 10.1. The monoisotopic (exact) mass is 406 g/mol. The summed E-state index contributed by atoms with van der Waals surface area (Å²) in [7, 11) is 0. The fraction of sp³-hybridized carbons (Fsp3) is 0.100. The Labute approximate surface area is 163 Å². The minimum atomic E-state index is -4.38. The van der Waals surface area contributed by atoms with Gasteiger partial charge in [-0.05, 0) is 48.0 Å². The molecule has 8 heteroatoms.